The Hall–Kier alpha value is -3.24. The number of aliphatic hydroxyl groups is 1. The van der Waals surface area contributed by atoms with Gasteiger partial charge in [0.1, 0.15) is 6.10 Å². The second-order valence-electron chi connectivity index (χ2n) is 8.51. The first-order chi connectivity index (χ1) is 16.7. The first-order valence-electron chi connectivity index (χ1n) is 11.7. The third kappa shape index (κ3) is 4.69. The molecule has 0 bridgehead atoms. The Morgan fingerprint density at radius 2 is 0.941 bits per heavy atom. The molecule has 0 fully saturated rings. The third-order valence-corrected chi connectivity index (χ3v) is 6.67. The van der Waals surface area contributed by atoms with Crippen molar-refractivity contribution in [1.82, 2.24) is 0 Å². The van der Waals surface area contributed by atoms with E-state index in [1.54, 1.807) is 14.2 Å². The van der Waals surface area contributed by atoms with Crippen LogP contribution in [0.3, 0.4) is 0 Å². The van der Waals surface area contributed by atoms with E-state index in [1.165, 1.54) is 16.7 Å². The van der Waals surface area contributed by atoms with Crippen molar-refractivity contribution in [3.63, 3.8) is 0 Å². The van der Waals surface area contributed by atoms with Crippen LogP contribution in [0.4, 0.5) is 0 Å². The summed E-state index contributed by atoms with van der Waals surface area (Å²) >= 11 is 0. The maximum Gasteiger partial charge on any atom is 0.182 e. The van der Waals surface area contributed by atoms with Gasteiger partial charge in [-0.05, 0) is 28.7 Å². The molecule has 3 nitrogen and oxygen atoms in total. The Morgan fingerprint density at radius 1 is 0.588 bits per heavy atom. The van der Waals surface area contributed by atoms with Crippen molar-refractivity contribution in [2.75, 3.05) is 14.2 Å². The van der Waals surface area contributed by atoms with Crippen LogP contribution in [0.15, 0.2) is 121 Å². The monoisotopic (exact) mass is 452 g/mol. The van der Waals surface area contributed by atoms with Crippen molar-refractivity contribution in [3.8, 4) is 0 Å². The van der Waals surface area contributed by atoms with Crippen LogP contribution in [-0.4, -0.2) is 31.7 Å². The lowest BCUT2D eigenvalue weighted by atomic mass is 9.58. The van der Waals surface area contributed by atoms with Gasteiger partial charge in [0, 0.05) is 20.1 Å². The Labute approximate surface area is 202 Å². The summed E-state index contributed by atoms with van der Waals surface area (Å²) in [6.07, 6.45) is -1.10. The highest BCUT2D eigenvalue weighted by molar-refractivity contribution is 5.54. The first-order valence-corrected chi connectivity index (χ1v) is 11.7. The van der Waals surface area contributed by atoms with E-state index in [0.717, 1.165) is 5.56 Å². The van der Waals surface area contributed by atoms with Gasteiger partial charge in [-0.15, -0.1) is 0 Å². The van der Waals surface area contributed by atoms with Gasteiger partial charge >= 0.3 is 0 Å². The molecule has 0 spiro atoms. The number of ether oxygens (including phenoxy) is 2. The van der Waals surface area contributed by atoms with E-state index in [2.05, 4.69) is 97.1 Å². The lowest BCUT2D eigenvalue weighted by Crippen LogP contribution is -2.41. The summed E-state index contributed by atoms with van der Waals surface area (Å²) in [5.74, 6) is -0.108. The molecule has 0 aliphatic carbocycles. The number of aliphatic hydroxyl groups excluding tert-OH is 1. The van der Waals surface area contributed by atoms with Crippen LogP contribution < -0.4 is 0 Å². The summed E-state index contributed by atoms with van der Waals surface area (Å²) in [4.78, 5) is 0. The summed E-state index contributed by atoms with van der Waals surface area (Å²) in [6, 6.07) is 42.2. The number of rotatable bonds is 10. The van der Waals surface area contributed by atoms with Gasteiger partial charge in [-0.3, -0.25) is 0 Å². The van der Waals surface area contributed by atoms with Gasteiger partial charge < -0.3 is 14.6 Å². The zero-order chi connectivity index (χ0) is 23.8. The fourth-order valence-electron chi connectivity index (χ4n) is 5.22. The Morgan fingerprint density at radius 3 is 1.29 bits per heavy atom. The third-order valence-electron chi connectivity index (χ3n) is 6.67. The highest BCUT2D eigenvalue weighted by atomic mass is 16.7. The maximum atomic E-state index is 11.3. The number of hydrogen-bond donors (Lipinski definition) is 1. The zero-order valence-electron chi connectivity index (χ0n) is 19.7. The lowest BCUT2D eigenvalue weighted by Gasteiger charge is -2.44. The maximum absolute atomic E-state index is 11.3. The van der Waals surface area contributed by atoms with Gasteiger partial charge in [0.25, 0.3) is 0 Å². The van der Waals surface area contributed by atoms with Crippen molar-refractivity contribution in [2.24, 2.45) is 0 Å². The van der Waals surface area contributed by atoms with Crippen LogP contribution in [-0.2, 0) is 14.9 Å². The summed E-state index contributed by atoms with van der Waals surface area (Å²) in [7, 11) is 3.13. The van der Waals surface area contributed by atoms with Gasteiger partial charge in [-0.25, -0.2) is 0 Å². The van der Waals surface area contributed by atoms with E-state index in [-0.39, 0.29) is 5.92 Å². The van der Waals surface area contributed by atoms with Crippen LogP contribution >= 0.6 is 0 Å². The molecule has 174 valence electrons. The van der Waals surface area contributed by atoms with Crippen LogP contribution in [0.1, 0.15) is 34.6 Å². The molecule has 4 aromatic carbocycles. The second-order valence-corrected chi connectivity index (χ2v) is 8.51. The second kappa shape index (κ2) is 11.3. The average molecular weight is 453 g/mol. The molecule has 0 radical (unpaired) electrons. The molecule has 2 atom stereocenters. The minimum absolute atomic E-state index is 0.108. The topological polar surface area (TPSA) is 38.7 Å². The summed E-state index contributed by atoms with van der Waals surface area (Å²) in [5, 5.41) is 11.3. The largest absolute Gasteiger partial charge is 0.388 e. The molecule has 4 rings (SSSR count). The molecule has 1 N–H and O–H groups in total. The van der Waals surface area contributed by atoms with Crippen LogP contribution in [0.2, 0.25) is 0 Å². The fraction of sp³-hybridized carbons (Fsp3) is 0.226. The highest BCUT2D eigenvalue weighted by Gasteiger charge is 2.45. The quantitative estimate of drug-likeness (QED) is 0.231. The van der Waals surface area contributed by atoms with Crippen LogP contribution in [0, 0.1) is 0 Å². The normalized spacial score (nSPS) is 13.5. The molecular weight excluding hydrogens is 420 g/mol. The molecule has 0 saturated carbocycles. The predicted octanol–water partition coefficient (Wildman–Crippen LogP) is 6.17. The number of methoxy groups -OCH3 is 2. The predicted molar refractivity (Wildman–Crippen MR) is 137 cm³/mol. The smallest absolute Gasteiger partial charge is 0.182 e. The molecule has 4 aromatic rings. The van der Waals surface area contributed by atoms with Gasteiger partial charge in [0.15, 0.2) is 6.29 Å². The summed E-state index contributed by atoms with van der Waals surface area (Å²) in [6.45, 7) is 0. The van der Waals surface area contributed by atoms with E-state index in [0.29, 0.717) is 6.42 Å². The molecule has 0 amide bonds. The van der Waals surface area contributed by atoms with Gasteiger partial charge in [0.2, 0.25) is 0 Å². The zero-order valence-corrected chi connectivity index (χ0v) is 19.7. The first kappa shape index (κ1) is 23.9. The van der Waals surface area contributed by atoms with E-state index < -0.39 is 17.8 Å². The number of hydrogen-bond acceptors (Lipinski definition) is 3. The lowest BCUT2D eigenvalue weighted by molar-refractivity contribution is -0.167. The molecule has 3 heteroatoms. The van der Waals surface area contributed by atoms with E-state index in [4.69, 9.17) is 9.47 Å². The average Bonchev–Trinajstić information content (AvgIpc) is 2.91. The molecule has 0 aliphatic rings. The highest BCUT2D eigenvalue weighted by Crippen LogP contribution is 2.51. The van der Waals surface area contributed by atoms with Gasteiger partial charge in [-0.2, -0.15) is 0 Å². The minimum Gasteiger partial charge on any atom is -0.388 e. The molecule has 0 aromatic heterocycles. The van der Waals surface area contributed by atoms with E-state index in [9.17, 15) is 5.11 Å². The minimum atomic E-state index is -0.823. The van der Waals surface area contributed by atoms with Crippen molar-refractivity contribution in [3.05, 3.63) is 144 Å². The standard InChI is InChI=1S/C31H32O3/c1-33-30(34-2)29(32)23-28(24-15-7-3-8-16-24)31(25-17-9-4-10-18-25,26-19-11-5-12-20-26)27-21-13-6-14-22-27/h3-22,28-30,32H,23H2,1-2H3. The van der Waals surface area contributed by atoms with Crippen molar-refractivity contribution >= 4 is 0 Å². The molecule has 0 heterocycles. The van der Waals surface area contributed by atoms with Crippen molar-refractivity contribution in [1.29, 1.82) is 0 Å². The van der Waals surface area contributed by atoms with Crippen molar-refractivity contribution < 1.29 is 14.6 Å². The Kier molecular flexibility index (Phi) is 7.91. The summed E-state index contributed by atoms with van der Waals surface area (Å²) < 4.78 is 10.9. The van der Waals surface area contributed by atoms with Crippen LogP contribution in [0.25, 0.3) is 0 Å². The Balaban J connectivity index is 2.05. The molecule has 0 aliphatic heterocycles. The molecular formula is C31H32O3. The van der Waals surface area contributed by atoms with E-state index >= 15 is 0 Å². The van der Waals surface area contributed by atoms with Crippen molar-refractivity contribution in [2.45, 2.75) is 30.1 Å². The SMILES string of the molecule is COC(OC)C(O)CC(c1ccccc1)C(c1ccccc1)(c1ccccc1)c1ccccc1. The molecule has 2 unspecified atom stereocenters. The van der Waals surface area contributed by atoms with Gasteiger partial charge in [-0.1, -0.05) is 121 Å². The van der Waals surface area contributed by atoms with Crippen LogP contribution in [0.5, 0.6) is 0 Å². The van der Waals surface area contributed by atoms with Gasteiger partial charge in [0.05, 0.1) is 5.41 Å². The van der Waals surface area contributed by atoms with E-state index in [1.807, 2.05) is 24.3 Å². The molecule has 0 saturated heterocycles. The fourth-order valence-corrected chi connectivity index (χ4v) is 5.22. The summed E-state index contributed by atoms with van der Waals surface area (Å²) in [5.41, 5.74) is 4.08. The Bertz CT molecular complexity index is 1010. The number of benzene rings is 4. The molecule has 34 heavy (non-hydrogen) atoms.